The van der Waals surface area contributed by atoms with Crippen molar-refractivity contribution in [3.05, 3.63) is 29.8 Å². The van der Waals surface area contributed by atoms with Crippen molar-refractivity contribution in [1.82, 2.24) is 10.2 Å². The molecule has 2 amide bonds. The number of nitrogens with one attached hydrogen (secondary N) is 2. The fourth-order valence-corrected chi connectivity index (χ4v) is 2.00. The third kappa shape index (κ3) is 5.19. The number of amides is 2. The summed E-state index contributed by atoms with van der Waals surface area (Å²) in [5.41, 5.74) is 1.17. The van der Waals surface area contributed by atoms with Crippen molar-refractivity contribution in [2.24, 2.45) is 0 Å². The van der Waals surface area contributed by atoms with Crippen molar-refractivity contribution < 1.29 is 9.59 Å². The van der Waals surface area contributed by atoms with Crippen molar-refractivity contribution in [2.75, 3.05) is 25.0 Å². The number of carbonyl (C=O) groups excluding carboxylic acids is 2. The van der Waals surface area contributed by atoms with Crippen LogP contribution >= 0.6 is 0 Å². The van der Waals surface area contributed by atoms with E-state index < -0.39 is 6.04 Å². The van der Waals surface area contributed by atoms with E-state index in [1.165, 1.54) is 0 Å². The largest absolute Gasteiger partial charge is 0.355 e. The molecule has 1 atom stereocenters. The second kappa shape index (κ2) is 8.80. The minimum Gasteiger partial charge on any atom is -0.355 e. The summed E-state index contributed by atoms with van der Waals surface area (Å²) in [6, 6.07) is 8.26. The highest BCUT2D eigenvalue weighted by Crippen LogP contribution is 2.10. The highest BCUT2D eigenvalue weighted by Gasteiger charge is 2.22. The zero-order chi connectivity index (χ0) is 16.5. The first-order valence-corrected chi connectivity index (χ1v) is 7.33. The molecule has 0 radical (unpaired) electrons. The Morgan fingerprint density at radius 2 is 1.91 bits per heavy atom. The molecular weight excluding hydrogens is 280 g/mol. The lowest BCUT2D eigenvalue weighted by molar-refractivity contribution is -0.125. The van der Waals surface area contributed by atoms with E-state index in [4.69, 9.17) is 5.26 Å². The summed E-state index contributed by atoms with van der Waals surface area (Å²) < 4.78 is 0. The van der Waals surface area contributed by atoms with Crippen LogP contribution in [-0.4, -0.2) is 42.4 Å². The van der Waals surface area contributed by atoms with Crippen LogP contribution in [0.25, 0.3) is 0 Å². The summed E-state index contributed by atoms with van der Waals surface area (Å²) in [5.74, 6) is -0.279. The van der Waals surface area contributed by atoms with Crippen LogP contribution in [0.4, 0.5) is 5.69 Å². The Morgan fingerprint density at radius 1 is 1.27 bits per heavy atom. The van der Waals surface area contributed by atoms with Crippen LogP contribution in [0.3, 0.4) is 0 Å². The number of hydrogen-bond donors (Lipinski definition) is 2. The molecular formula is C16H22N4O2. The average molecular weight is 302 g/mol. The van der Waals surface area contributed by atoms with E-state index in [2.05, 4.69) is 10.6 Å². The van der Waals surface area contributed by atoms with E-state index in [-0.39, 0.29) is 18.4 Å². The van der Waals surface area contributed by atoms with Gasteiger partial charge in [-0.25, -0.2) is 0 Å². The molecule has 0 aliphatic carbocycles. The van der Waals surface area contributed by atoms with Gasteiger partial charge in [0.05, 0.1) is 24.2 Å². The number of benzene rings is 1. The summed E-state index contributed by atoms with van der Waals surface area (Å²) in [5, 5.41) is 14.3. The molecule has 0 spiro atoms. The van der Waals surface area contributed by atoms with E-state index in [1.807, 2.05) is 19.9 Å². The lowest BCUT2D eigenvalue weighted by Crippen LogP contribution is -2.46. The van der Waals surface area contributed by atoms with E-state index in [9.17, 15) is 9.59 Å². The lowest BCUT2D eigenvalue weighted by Gasteiger charge is -2.26. The number of carbonyl (C=O) groups is 2. The van der Waals surface area contributed by atoms with Crippen molar-refractivity contribution in [2.45, 2.75) is 26.8 Å². The van der Waals surface area contributed by atoms with Crippen molar-refractivity contribution >= 4 is 17.5 Å². The fraction of sp³-hybridized carbons (Fsp3) is 0.438. The van der Waals surface area contributed by atoms with Crippen LogP contribution in [0.1, 0.15) is 26.3 Å². The third-order valence-corrected chi connectivity index (χ3v) is 3.34. The number of likely N-dealkylation sites (N-methyl/N-ethyl adjacent to an activating group) is 2. The second-order valence-electron chi connectivity index (χ2n) is 4.87. The molecule has 1 aromatic rings. The first-order valence-electron chi connectivity index (χ1n) is 7.33. The zero-order valence-electron chi connectivity index (χ0n) is 13.2. The third-order valence-electron chi connectivity index (χ3n) is 3.34. The highest BCUT2D eigenvalue weighted by molar-refractivity contribution is 5.95. The van der Waals surface area contributed by atoms with Crippen LogP contribution in [-0.2, 0) is 9.59 Å². The molecule has 0 aliphatic heterocycles. The van der Waals surface area contributed by atoms with Gasteiger partial charge >= 0.3 is 0 Å². The first-order chi connectivity index (χ1) is 10.5. The number of nitriles is 1. The molecule has 2 N–H and O–H groups in total. The summed E-state index contributed by atoms with van der Waals surface area (Å²) in [7, 11) is 0. The van der Waals surface area contributed by atoms with Gasteiger partial charge in [0.2, 0.25) is 11.8 Å². The standard InChI is InChI=1S/C16H22N4O2/c1-4-18-15(21)11-20(5-2)12(3)16(22)19-14-8-6-13(10-17)7-9-14/h6-9,12H,4-5,11H2,1-3H3,(H,18,21)(H,19,22)/t12-/m1/s1. The molecule has 0 fully saturated rings. The number of anilines is 1. The fourth-order valence-electron chi connectivity index (χ4n) is 2.00. The maximum absolute atomic E-state index is 12.3. The zero-order valence-corrected chi connectivity index (χ0v) is 13.2. The lowest BCUT2D eigenvalue weighted by atomic mass is 10.2. The van der Waals surface area contributed by atoms with Gasteiger partial charge in [0, 0.05) is 12.2 Å². The minimum atomic E-state index is -0.428. The van der Waals surface area contributed by atoms with Crippen LogP contribution in [0.15, 0.2) is 24.3 Å². The van der Waals surface area contributed by atoms with Crippen LogP contribution in [0.5, 0.6) is 0 Å². The Labute approximate surface area is 131 Å². The van der Waals surface area contributed by atoms with Gasteiger partial charge in [-0.05, 0) is 44.7 Å². The molecule has 0 aromatic heterocycles. The molecule has 0 bridgehead atoms. The summed E-state index contributed by atoms with van der Waals surface area (Å²) in [6.07, 6.45) is 0. The molecule has 22 heavy (non-hydrogen) atoms. The predicted molar refractivity (Wildman–Crippen MR) is 85.2 cm³/mol. The van der Waals surface area contributed by atoms with Gasteiger partial charge in [-0.1, -0.05) is 6.92 Å². The molecule has 118 valence electrons. The van der Waals surface area contributed by atoms with Crippen LogP contribution < -0.4 is 10.6 Å². The van der Waals surface area contributed by atoms with Gasteiger partial charge in [0.25, 0.3) is 0 Å². The van der Waals surface area contributed by atoms with Gasteiger partial charge < -0.3 is 10.6 Å². The highest BCUT2D eigenvalue weighted by atomic mass is 16.2. The minimum absolute atomic E-state index is 0.0950. The molecule has 6 nitrogen and oxygen atoms in total. The average Bonchev–Trinajstić information content (AvgIpc) is 2.52. The van der Waals surface area contributed by atoms with Gasteiger partial charge in [0.15, 0.2) is 0 Å². The van der Waals surface area contributed by atoms with Crippen LogP contribution in [0.2, 0.25) is 0 Å². The number of rotatable bonds is 7. The maximum Gasteiger partial charge on any atom is 0.241 e. The maximum atomic E-state index is 12.3. The monoisotopic (exact) mass is 302 g/mol. The summed E-state index contributed by atoms with van der Waals surface area (Å²) in [4.78, 5) is 25.7. The predicted octanol–water partition coefficient (Wildman–Crippen LogP) is 1.34. The molecule has 0 aliphatic rings. The molecule has 1 aromatic carbocycles. The van der Waals surface area contributed by atoms with Gasteiger partial charge in [0.1, 0.15) is 0 Å². The quantitative estimate of drug-likeness (QED) is 0.796. The van der Waals surface area contributed by atoms with Gasteiger partial charge in [-0.3, -0.25) is 14.5 Å². The van der Waals surface area contributed by atoms with Gasteiger partial charge in [-0.2, -0.15) is 5.26 Å². The normalized spacial score (nSPS) is 11.6. The SMILES string of the molecule is CCNC(=O)CN(CC)[C@H](C)C(=O)Nc1ccc(C#N)cc1. The summed E-state index contributed by atoms with van der Waals surface area (Å²) in [6.45, 7) is 6.88. The van der Waals surface area contributed by atoms with Crippen molar-refractivity contribution in [3.8, 4) is 6.07 Å². The summed E-state index contributed by atoms with van der Waals surface area (Å²) >= 11 is 0. The first kappa shape index (κ1) is 17.7. The van der Waals surface area contributed by atoms with E-state index >= 15 is 0 Å². The molecule has 6 heteroatoms. The number of nitrogens with zero attached hydrogens (tertiary/aromatic N) is 2. The molecule has 0 saturated heterocycles. The van der Waals surface area contributed by atoms with Crippen molar-refractivity contribution in [3.63, 3.8) is 0 Å². The Balaban J connectivity index is 2.65. The number of hydrogen-bond acceptors (Lipinski definition) is 4. The van der Waals surface area contributed by atoms with E-state index in [1.54, 1.807) is 36.1 Å². The second-order valence-corrected chi connectivity index (χ2v) is 4.87. The Morgan fingerprint density at radius 3 is 2.41 bits per heavy atom. The topological polar surface area (TPSA) is 85.2 Å². The Bertz CT molecular complexity index is 548. The molecule has 0 saturated carbocycles. The van der Waals surface area contributed by atoms with Crippen LogP contribution in [0, 0.1) is 11.3 Å². The van der Waals surface area contributed by atoms with E-state index in [0.717, 1.165) is 0 Å². The molecule has 0 unspecified atom stereocenters. The molecule has 0 heterocycles. The Hall–Kier alpha value is -2.39. The van der Waals surface area contributed by atoms with E-state index in [0.29, 0.717) is 24.3 Å². The molecule has 1 rings (SSSR count). The van der Waals surface area contributed by atoms with Gasteiger partial charge in [-0.15, -0.1) is 0 Å². The van der Waals surface area contributed by atoms with Crippen molar-refractivity contribution in [1.29, 1.82) is 5.26 Å². The smallest absolute Gasteiger partial charge is 0.241 e. The Kier molecular flexibility index (Phi) is 7.06.